The standard InChI is InChI=1S/C16H17Cl2N3/c1-19-14-9-13(10-5-2-3-6-10)20-16(21-14)11-7-4-8-12(17)15(11)18/h4,7-10H,2-3,5-6H2,1H3,(H,19,20,21). The number of benzene rings is 1. The first-order valence-corrected chi connectivity index (χ1v) is 7.95. The molecule has 1 fully saturated rings. The Hall–Kier alpha value is -1.32. The Balaban J connectivity index is 2.09. The van der Waals surface area contributed by atoms with Gasteiger partial charge >= 0.3 is 0 Å². The molecule has 0 bridgehead atoms. The van der Waals surface area contributed by atoms with Crippen molar-refractivity contribution < 1.29 is 0 Å². The van der Waals surface area contributed by atoms with Crippen molar-refractivity contribution in [1.29, 1.82) is 0 Å². The molecule has 1 heterocycles. The maximum absolute atomic E-state index is 6.30. The van der Waals surface area contributed by atoms with Gasteiger partial charge in [0.2, 0.25) is 0 Å². The predicted octanol–water partition coefficient (Wildman–Crippen LogP) is 5.15. The summed E-state index contributed by atoms with van der Waals surface area (Å²) in [5, 5.41) is 4.14. The average molecular weight is 322 g/mol. The summed E-state index contributed by atoms with van der Waals surface area (Å²) in [6.07, 6.45) is 4.94. The molecule has 5 heteroatoms. The predicted molar refractivity (Wildman–Crippen MR) is 88.2 cm³/mol. The maximum Gasteiger partial charge on any atom is 0.163 e. The van der Waals surface area contributed by atoms with E-state index in [1.54, 1.807) is 6.07 Å². The molecule has 0 unspecified atom stereocenters. The Morgan fingerprint density at radius 1 is 1.14 bits per heavy atom. The summed E-state index contributed by atoms with van der Waals surface area (Å²) in [6.45, 7) is 0. The molecule has 0 amide bonds. The third-order valence-corrected chi connectivity index (χ3v) is 4.79. The fourth-order valence-corrected chi connectivity index (χ4v) is 3.21. The van der Waals surface area contributed by atoms with Crippen LogP contribution >= 0.6 is 23.2 Å². The smallest absolute Gasteiger partial charge is 0.163 e. The second-order valence-electron chi connectivity index (χ2n) is 5.33. The van der Waals surface area contributed by atoms with E-state index in [1.165, 1.54) is 25.7 Å². The summed E-state index contributed by atoms with van der Waals surface area (Å²) in [7, 11) is 1.87. The first kappa shape index (κ1) is 14.6. The van der Waals surface area contributed by atoms with Gasteiger partial charge in [-0.05, 0) is 25.0 Å². The lowest BCUT2D eigenvalue weighted by Gasteiger charge is -2.13. The van der Waals surface area contributed by atoms with E-state index < -0.39 is 0 Å². The van der Waals surface area contributed by atoms with E-state index in [9.17, 15) is 0 Å². The van der Waals surface area contributed by atoms with Crippen LogP contribution in [0.25, 0.3) is 11.4 Å². The number of hydrogen-bond donors (Lipinski definition) is 1. The van der Waals surface area contributed by atoms with Crippen LogP contribution in [0.1, 0.15) is 37.3 Å². The van der Waals surface area contributed by atoms with Crippen LogP contribution < -0.4 is 5.32 Å². The van der Waals surface area contributed by atoms with E-state index >= 15 is 0 Å². The van der Waals surface area contributed by atoms with Crippen molar-refractivity contribution in [2.75, 3.05) is 12.4 Å². The molecule has 0 radical (unpaired) electrons. The number of halogens is 2. The van der Waals surface area contributed by atoms with Crippen molar-refractivity contribution in [3.63, 3.8) is 0 Å². The van der Waals surface area contributed by atoms with Gasteiger partial charge in [0.05, 0.1) is 10.0 Å². The van der Waals surface area contributed by atoms with Crippen molar-refractivity contribution in [2.45, 2.75) is 31.6 Å². The Kier molecular flexibility index (Phi) is 4.32. The molecule has 0 aliphatic heterocycles. The minimum Gasteiger partial charge on any atom is -0.373 e. The van der Waals surface area contributed by atoms with Crippen LogP contribution in [-0.2, 0) is 0 Å². The minimum atomic E-state index is 0.504. The summed E-state index contributed by atoms with van der Waals surface area (Å²) in [4.78, 5) is 9.27. The number of rotatable bonds is 3. The summed E-state index contributed by atoms with van der Waals surface area (Å²) in [5.74, 6) is 1.98. The molecule has 3 nitrogen and oxygen atoms in total. The highest BCUT2D eigenvalue weighted by Crippen LogP contribution is 2.36. The number of hydrogen-bond acceptors (Lipinski definition) is 3. The summed E-state index contributed by atoms with van der Waals surface area (Å²) < 4.78 is 0. The van der Waals surface area contributed by atoms with Crippen LogP contribution in [-0.4, -0.2) is 17.0 Å². The first-order valence-electron chi connectivity index (χ1n) is 7.20. The van der Waals surface area contributed by atoms with E-state index in [0.717, 1.165) is 17.1 Å². The quantitative estimate of drug-likeness (QED) is 0.849. The Bertz CT molecular complexity index is 652. The molecule has 0 atom stereocenters. The zero-order chi connectivity index (χ0) is 14.8. The van der Waals surface area contributed by atoms with Crippen LogP contribution in [0.2, 0.25) is 10.0 Å². The van der Waals surface area contributed by atoms with Gasteiger partial charge in [0.1, 0.15) is 5.82 Å². The van der Waals surface area contributed by atoms with E-state index in [2.05, 4.69) is 10.3 Å². The molecule has 1 saturated carbocycles. The highest BCUT2D eigenvalue weighted by Gasteiger charge is 2.21. The van der Waals surface area contributed by atoms with Crippen LogP contribution in [0, 0.1) is 0 Å². The van der Waals surface area contributed by atoms with Crippen molar-refractivity contribution in [1.82, 2.24) is 9.97 Å². The molecule has 0 spiro atoms. The highest BCUT2D eigenvalue weighted by atomic mass is 35.5. The summed E-state index contributed by atoms with van der Waals surface area (Å²) >= 11 is 12.4. The number of nitrogens with zero attached hydrogens (tertiary/aromatic N) is 2. The molecular formula is C16H17Cl2N3. The molecule has 3 rings (SSSR count). The van der Waals surface area contributed by atoms with Gasteiger partial charge in [-0.1, -0.05) is 42.1 Å². The van der Waals surface area contributed by atoms with Crippen molar-refractivity contribution in [3.05, 3.63) is 40.0 Å². The zero-order valence-corrected chi connectivity index (χ0v) is 13.4. The molecule has 1 aromatic carbocycles. The van der Waals surface area contributed by atoms with Crippen LogP contribution in [0.15, 0.2) is 24.3 Å². The van der Waals surface area contributed by atoms with Crippen LogP contribution in [0.4, 0.5) is 5.82 Å². The second-order valence-corrected chi connectivity index (χ2v) is 6.12. The highest BCUT2D eigenvalue weighted by molar-refractivity contribution is 6.43. The second kappa shape index (κ2) is 6.20. The summed E-state index contributed by atoms with van der Waals surface area (Å²) in [5.41, 5.74) is 1.87. The molecule has 1 aliphatic carbocycles. The SMILES string of the molecule is CNc1cc(C2CCCC2)nc(-c2cccc(Cl)c2Cl)n1. The Morgan fingerprint density at radius 2 is 1.90 bits per heavy atom. The monoisotopic (exact) mass is 321 g/mol. The molecule has 21 heavy (non-hydrogen) atoms. The largest absolute Gasteiger partial charge is 0.373 e. The Morgan fingerprint density at radius 3 is 2.62 bits per heavy atom. The Labute approximate surface area is 134 Å². The van der Waals surface area contributed by atoms with Gasteiger partial charge in [0.15, 0.2) is 5.82 Å². The maximum atomic E-state index is 6.30. The molecule has 1 aliphatic rings. The van der Waals surface area contributed by atoms with E-state index in [1.807, 2.05) is 25.2 Å². The normalized spacial score (nSPS) is 15.4. The van der Waals surface area contributed by atoms with Gasteiger partial charge in [0.25, 0.3) is 0 Å². The number of anilines is 1. The number of aromatic nitrogens is 2. The van der Waals surface area contributed by atoms with E-state index in [-0.39, 0.29) is 0 Å². The lowest BCUT2D eigenvalue weighted by Crippen LogP contribution is -2.04. The molecule has 1 N–H and O–H groups in total. The van der Waals surface area contributed by atoms with Crippen molar-refractivity contribution in [3.8, 4) is 11.4 Å². The van der Waals surface area contributed by atoms with Gasteiger partial charge < -0.3 is 5.32 Å². The fourth-order valence-electron chi connectivity index (χ4n) is 2.82. The molecule has 1 aromatic heterocycles. The van der Waals surface area contributed by atoms with Crippen molar-refractivity contribution in [2.24, 2.45) is 0 Å². The van der Waals surface area contributed by atoms with E-state index in [0.29, 0.717) is 21.8 Å². The number of nitrogens with one attached hydrogen (secondary N) is 1. The van der Waals surface area contributed by atoms with Gasteiger partial charge in [-0.2, -0.15) is 0 Å². The first-order chi connectivity index (χ1) is 10.2. The lowest BCUT2D eigenvalue weighted by molar-refractivity contribution is 0.696. The third kappa shape index (κ3) is 2.99. The van der Waals surface area contributed by atoms with Crippen molar-refractivity contribution >= 4 is 29.0 Å². The lowest BCUT2D eigenvalue weighted by atomic mass is 10.0. The molecule has 0 saturated heterocycles. The molecular weight excluding hydrogens is 305 g/mol. The van der Waals surface area contributed by atoms with Crippen LogP contribution in [0.3, 0.4) is 0 Å². The van der Waals surface area contributed by atoms with Crippen LogP contribution in [0.5, 0.6) is 0 Å². The van der Waals surface area contributed by atoms with Gasteiger partial charge in [0, 0.05) is 30.3 Å². The zero-order valence-electron chi connectivity index (χ0n) is 11.9. The van der Waals surface area contributed by atoms with E-state index in [4.69, 9.17) is 28.2 Å². The third-order valence-electron chi connectivity index (χ3n) is 3.97. The molecule has 110 valence electrons. The fraction of sp³-hybridized carbons (Fsp3) is 0.375. The van der Waals surface area contributed by atoms with Gasteiger partial charge in [-0.25, -0.2) is 9.97 Å². The van der Waals surface area contributed by atoms with Gasteiger partial charge in [-0.3, -0.25) is 0 Å². The summed E-state index contributed by atoms with van der Waals surface area (Å²) in [6, 6.07) is 7.58. The minimum absolute atomic E-state index is 0.504. The topological polar surface area (TPSA) is 37.8 Å². The average Bonchev–Trinajstić information content (AvgIpc) is 3.04. The van der Waals surface area contributed by atoms with Gasteiger partial charge in [-0.15, -0.1) is 0 Å². The molecule has 2 aromatic rings.